The number of likely N-dealkylation sites (tertiary alicyclic amines) is 1. The van der Waals surface area contributed by atoms with E-state index in [-0.39, 0.29) is 11.7 Å². The van der Waals surface area contributed by atoms with Crippen LogP contribution in [0, 0.1) is 5.82 Å². The minimum Gasteiger partial charge on any atom is -0.382 e. The molecule has 0 spiro atoms. The molecule has 0 saturated carbocycles. The molecule has 1 aromatic rings. The van der Waals surface area contributed by atoms with E-state index in [1.165, 1.54) is 12.5 Å². The van der Waals surface area contributed by atoms with Gasteiger partial charge in [0.2, 0.25) is 6.10 Å². The Morgan fingerprint density at radius 1 is 1.25 bits per heavy atom. The Morgan fingerprint density at radius 2 is 2.00 bits per heavy atom. The number of benzene rings is 1. The third-order valence-electron chi connectivity index (χ3n) is 3.80. The molecule has 1 atom stereocenters. The molecule has 0 unspecified atom stereocenters. The molecule has 5 heteroatoms. The maximum Gasteiger partial charge on any atom is 0.266 e. The summed E-state index contributed by atoms with van der Waals surface area (Å²) in [6, 6.07) is 6.43. The van der Waals surface area contributed by atoms with Gasteiger partial charge in [-0.1, -0.05) is 23.4 Å². The molecule has 0 N–H and O–H groups in total. The molecule has 2 aliphatic heterocycles. The molecule has 0 aliphatic carbocycles. The molecule has 3 rings (SSSR count). The Kier molecular flexibility index (Phi) is 3.67. The third-order valence-corrected chi connectivity index (χ3v) is 3.80. The van der Waals surface area contributed by atoms with Crippen LogP contribution in [0.5, 0.6) is 0 Å². The number of piperidine rings is 1. The highest BCUT2D eigenvalue weighted by atomic mass is 19.1. The summed E-state index contributed by atoms with van der Waals surface area (Å²) in [5, 5.41) is 3.89. The molecular weight excluding hydrogens is 259 g/mol. The van der Waals surface area contributed by atoms with E-state index >= 15 is 0 Å². The van der Waals surface area contributed by atoms with Gasteiger partial charge in [0.15, 0.2) is 0 Å². The SMILES string of the molecule is O=C([C@H]1CC(c2ccccc2F)=NO1)N1CCCCC1. The minimum atomic E-state index is -0.595. The summed E-state index contributed by atoms with van der Waals surface area (Å²) in [6.45, 7) is 1.57. The molecular formula is C15H17FN2O2. The summed E-state index contributed by atoms with van der Waals surface area (Å²) < 4.78 is 13.7. The average molecular weight is 276 g/mol. The van der Waals surface area contributed by atoms with Gasteiger partial charge in [0.1, 0.15) is 5.82 Å². The fraction of sp³-hybridized carbons (Fsp3) is 0.467. The largest absolute Gasteiger partial charge is 0.382 e. The standard InChI is InChI=1S/C15H17FN2O2/c16-12-7-3-2-6-11(12)13-10-14(20-17-13)15(19)18-8-4-1-5-9-18/h2-3,6-7,14H,1,4-5,8-10H2/t14-/m1/s1. The normalized spacial score (nSPS) is 22.4. The second-order valence-electron chi connectivity index (χ2n) is 5.20. The van der Waals surface area contributed by atoms with Crippen molar-refractivity contribution in [3.63, 3.8) is 0 Å². The number of amides is 1. The van der Waals surface area contributed by atoms with Gasteiger partial charge >= 0.3 is 0 Å². The lowest BCUT2D eigenvalue weighted by atomic mass is 10.0. The maximum absolute atomic E-state index is 13.7. The van der Waals surface area contributed by atoms with Crippen LogP contribution in [0.1, 0.15) is 31.2 Å². The van der Waals surface area contributed by atoms with E-state index < -0.39 is 6.10 Å². The van der Waals surface area contributed by atoms with Crippen LogP contribution in [0.15, 0.2) is 29.4 Å². The van der Waals surface area contributed by atoms with Gasteiger partial charge in [-0.2, -0.15) is 0 Å². The Hall–Kier alpha value is -1.91. The van der Waals surface area contributed by atoms with Crippen molar-refractivity contribution in [3.05, 3.63) is 35.6 Å². The molecule has 1 saturated heterocycles. The van der Waals surface area contributed by atoms with Gasteiger partial charge in [-0.3, -0.25) is 4.79 Å². The first-order chi connectivity index (χ1) is 9.75. The van der Waals surface area contributed by atoms with Gasteiger partial charge < -0.3 is 9.74 Å². The highest BCUT2D eigenvalue weighted by Crippen LogP contribution is 2.21. The van der Waals surface area contributed by atoms with Crippen LogP contribution in [-0.2, 0) is 9.63 Å². The molecule has 2 aliphatic rings. The van der Waals surface area contributed by atoms with Crippen LogP contribution >= 0.6 is 0 Å². The Balaban J connectivity index is 1.66. The summed E-state index contributed by atoms with van der Waals surface area (Å²) in [5.74, 6) is -0.360. The molecule has 0 radical (unpaired) electrons. The van der Waals surface area contributed by atoms with E-state index in [1.54, 1.807) is 18.2 Å². The number of rotatable bonds is 2. The van der Waals surface area contributed by atoms with Crippen molar-refractivity contribution in [1.29, 1.82) is 0 Å². The first kappa shape index (κ1) is 13.1. The molecule has 20 heavy (non-hydrogen) atoms. The number of hydrogen-bond donors (Lipinski definition) is 0. The van der Waals surface area contributed by atoms with E-state index in [0.717, 1.165) is 25.9 Å². The molecule has 1 amide bonds. The van der Waals surface area contributed by atoms with Crippen molar-refractivity contribution in [2.45, 2.75) is 31.8 Å². The summed E-state index contributed by atoms with van der Waals surface area (Å²) in [7, 11) is 0. The van der Waals surface area contributed by atoms with Crippen molar-refractivity contribution >= 4 is 11.6 Å². The molecule has 0 aromatic heterocycles. The third kappa shape index (κ3) is 2.53. The fourth-order valence-corrected chi connectivity index (χ4v) is 2.68. The summed E-state index contributed by atoms with van der Waals surface area (Å²) in [6.07, 6.45) is 3.00. The molecule has 0 bridgehead atoms. The smallest absolute Gasteiger partial charge is 0.266 e. The van der Waals surface area contributed by atoms with Gasteiger partial charge in [-0.05, 0) is 25.3 Å². The molecule has 1 fully saturated rings. The van der Waals surface area contributed by atoms with Gasteiger partial charge in [-0.25, -0.2) is 4.39 Å². The number of nitrogens with zero attached hydrogens (tertiary/aromatic N) is 2. The number of carbonyl (C=O) groups is 1. The van der Waals surface area contributed by atoms with Crippen molar-refractivity contribution in [1.82, 2.24) is 4.90 Å². The highest BCUT2D eigenvalue weighted by molar-refractivity contribution is 6.04. The maximum atomic E-state index is 13.7. The van der Waals surface area contributed by atoms with Crippen LogP contribution in [0.3, 0.4) is 0 Å². The predicted molar refractivity (Wildman–Crippen MR) is 72.9 cm³/mol. The van der Waals surface area contributed by atoms with Crippen molar-refractivity contribution in [2.75, 3.05) is 13.1 Å². The van der Waals surface area contributed by atoms with E-state index in [2.05, 4.69) is 5.16 Å². The topological polar surface area (TPSA) is 41.9 Å². The zero-order valence-electron chi connectivity index (χ0n) is 11.2. The number of oxime groups is 1. The Bertz CT molecular complexity index is 538. The molecule has 106 valence electrons. The Labute approximate surface area is 117 Å². The number of hydrogen-bond acceptors (Lipinski definition) is 3. The van der Waals surface area contributed by atoms with Crippen LogP contribution in [0.4, 0.5) is 4.39 Å². The molecule has 2 heterocycles. The van der Waals surface area contributed by atoms with Crippen molar-refractivity contribution in [3.8, 4) is 0 Å². The summed E-state index contributed by atoms with van der Waals surface area (Å²) >= 11 is 0. The monoisotopic (exact) mass is 276 g/mol. The zero-order chi connectivity index (χ0) is 13.9. The first-order valence-electron chi connectivity index (χ1n) is 7.02. The second-order valence-corrected chi connectivity index (χ2v) is 5.20. The fourth-order valence-electron chi connectivity index (χ4n) is 2.68. The minimum absolute atomic E-state index is 0.0280. The first-order valence-corrected chi connectivity index (χ1v) is 7.02. The zero-order valence-corrected chi connectivity index (χ0v) is 11.2. The van der Waals surface area contributed by atoms with Crippen molar-refractivity contribution < 1.29 is 14.0 Å². The van der Waals surface area contributed by atoms with Crippen LogP contribution in [0.25, 0.3) is 0 Å². The highest BCUT2D eigenvalue weighted by Gasteiger charge is 2.33. The summed E-state index contributed by atoms with van der Waals surface area (Å²) in [4.78, 5) is 19.3. The lowest BCUT2D eigenvalue weighted by molar-refractivity contribution is -0.143. The van der Waals surface area contributed by atoms with Crippen LogP contribution in [0.2, 0.25) is 0 Å². The summed E-state index contributed by atoms with van der Waals surface area (Å²) in [5.41, 5.74) is 0.930. The molecule has 1 aromatic carbocycles. The number of halogens is 1. The predicted octanol–water partition coefficient (Wildman–Crippen LogP) is 2.33. The van der Waals surface area contributed by atoms with Gasteiger partial charge in [0.25, 0.3) is 5.91 Å². The van der Waals surface area contributed by atoms with Gasteiger partial charge in [0.05, 0.1) is 5.71 Å². The van der Waals surface area contributed by atoms with E-state index in [9.17, 15) is 9.18 Å². The lowest BCUT2D eigenvalue weighted by Gasteiger charge is -2.28. The van der Waals surface area contributed by atoms with E-state index in [4.69, 9.17) is 4.84 Å². The van der Waals surface area contributed by atoms with Gasteiger partial charge in [0, 0.05) is 25.1 Å². The van der Waals surface area contributed by atoms with Crippen molar-refractivity contribution in [2.24, 2.45) is 5.16 Å². The van der Waals surface area contributed by atoms with Crippen LogP contribution < -0.4 is 0 Å². The number of carbonyl (C=O) groups excluding carboxylic acids is 1. The Morgan fingerprint density at radius 3 is 2.75 bits per heavy atom. The second kappa shape index (κ2) is 5.61. The van der Waals surface area contributed by atoms with E-state index in [1.807, 2.05) is 4.90 Å². The van der Waals surface area contributed by atoms with Gasteiger partial charge in [-0.15, -0.1) is 0 Å². The average Bonchev–Trinajstić information content (AvgIpc) is 2.97. The lowest BCUT2D eigenvalue weighted by Crippen LogP contribution is -2.42. The van der Waals surface area contributed by atoms with E-state index in [0.29, 0.717) is 17.7 Å². The molecule has 4 nitrogen and oxygen atoms in total. The van der Waals surface area contributed by atoms with Crippen LogP contribution in [-0.4, -0.2) is 35.7 Å². The quantitative estimate of drug-likeness (QED) is 0.832.